The standard InChI is InChI=1S/C20H22N4O5/c1-10-8-11(2)17(12(3)9-10)22-19(25)13(4)23-18-15(29-14(5)20(23)26)6-7-16(21-18)24(27)28/h6-9,13-14H,1-5H3,(H,22,25). The van der Waals surface area contributed by atoms with E-state index in [2.05, 4.69) is 10.3 Å². The van der Waals surface area contributed by atoms with Crippen LogP contribution in [-0.2, 0) is 9.59 Å². The maximum atomic E-state index is 13.0. The highest BCUT2D eigenvalue weighted by atomic mass is 16.6. The van der Waals surface area contributed by atoms with Gasteiger partial charge in [0, 0.05) is 11.8 Å². The molecule has 0 bridgehead atoms. The molecule has 0 aliphatic carbocycles. The van der Waals surface area contributed by atoms with Crippen LogP contribution >= 0.6 is 0 Å². The van der Waals surface area contributed by atoms with Crippen LogP contribution in [0.5, 0.6) is 5.75 Å². The molecule has 9 heteroatoms. The van der Waals surface area contributed by atoms with Crippen molar-refractivity contribution in [3.05, 3.63) is 51.1 Å². The smallest absolute Gasteiger partial charge is 0.366 e. The first kappa shape index (κ1) is 20.2. The Morgan fingerprint density at radius 2 is 1.90 bits per heavy atom. The van der Waals surface area contributed by atoms with Crippen LogP contribution in [0, 0.1) is 30.9 Å². The second-order valence-electron chi connectivity index (χ2n) is 7.16. The predicted molar refractivity (Wildman–Crippen MR) is 107 cm³/mol. The minimum absolute atomic E-state index is 0.0395. The quantitative estimate of drug-likeness (QED) is 0.625. The number of nitro groups is 1. The second-order valence-corrected chi connectivity index (χ2v) is 7.16. The topological polar surface area (TPSA) is 115 Å². The van der Waals surface area contributed by atoms with E-state index in [1.54, 1.807) is 13.8 Å². The maximum absolute atomic E-state index is 13.0. The van der Waals surface area contributed by atoms with Crippen molar-refractivity contribution in [2.45, 2.75) is 46.8 Å². The number of nitrogens with one attached hydrogen (secondary N) is 1. The number of hydrogen-bond donors (Lipinski definition) is 1. The van der Waals surface area contributed by atoms with E-state index >= 15 is 0 Å². The number of amides is 2. The van der Waals surface area contributed by atoms with E-state index < -0.39 is 34.7 Å². The number of anilines is 2. The van der Waals surface area contributed by atoms with Gasteiger partial charge in [0.1, 0.15) is 6.04 Å². The molecule has 1 aromatic carbocycles. The van der Waals surface area contributed by atoms with Gasteiger partial charge in [0.05, 0.1) is 0 Å². The summed E-state index contributed by atoms with van der Waals surface area (Å²) in [5, 5.41) is 14.0. The van der Waals surface area contributed by atoms with Gasteiger partial charge in [-0.25, -0.2) is 0 Å². The number of aryl methyl sites for hydroxylation is 3. The second kappa shape index (κ2) is 7.50. The van der Waals surface area contributed by atoms with E-state index in [1.807, 2.05) is 32.9 Å². The van der Waals surface area contributed by atoms with E-state index in [0.717, 1.165) is 21.6 Å². The highest BCUT2D eigenvalue weighted by Crippen LogP contribution is 2.35. The van der Waals surface area contributed by atoms with Crippen molar-refractivity contribution in [2.75, 3.05) is 10.2 Å². The van der Waals surface area contributed by atoms with Crippen LogP contribution in [0.15, 0.2) is 24.3 Å². The molecule has 1 aromatic heterocycles. The minimum Gasteiger partial charge on any atom is -0.475 e. The number of benzene rings is 1. The molecule has 0 fully saturated rings. The Morgan fingerprint density at radius 1 is 1.28 bits per heavy atom. The zero-order chi connectivity index (χ0) is 21.5. The van der Waals surface area contributed by atoms with Gasteiger partial charge in [-0.05, 0) is 61.7 Å². The highest BCUT2D eigenvalue weighted by Gasteiger charge is 2.41. The summed E-state index contributed by atoms with van der Waals surface area (Å²) in [5.74, 6) is -1.18. The van der Waals surface area contributed by atoms with Crippen molar-refractivity contribution in [1.29, 1.82) is 0 Å². The summed E-state index contributed by atoms with van der Waals surface area (Å²) in [7, 11) is 0. The number of ether oxygens (including phenoxy) is 1. The Balaban J connectivity index is 1.97. The summed E-state index contributed by atoms with van der Waals surface area (Å²) in [6.07, 6.45) is -0.844. The monoisotopic (exact) mass is 398 g/mol. The maximum Gasteiger partial charge on any atom is 0.366 e. The highest BCUT2D eigenvalue weighted by molar-refractivity contribution is 6.07. The molecular weight excluding hydrogens is 376 g/mol. The third-order valence-electron chi connectivity index (χ3n) is 4.82. The molecule has 2 aromatic rings. The van der Waals surface area contributed by atoms with Gasteiger partial charge < -0.3 is 20.2 Å². The first-order valence-corrected chi connectivity index (χ1v) is 9.14. The lowest BCUT2D eigenvalue weighted by atomic mass is 10.0. The molecule has 2 unspecified atom stereocenters. The van der Waals surface area contributed by atoms with Crippen molar-refractivity contribution in [3.8, 4) is 5.75 Å². The molecule has 9 nitrogen and oxygen atoms in total. The average molecular weight is 398 g/mol. The molecule has 0 saturated carbocycles. The molecule has 2 atom stereocenters. The molecule has 1 aliphatic rings. The van der Waals surface area contributed by atoms with Gasteiger partial charge in [0.2, 0.25) is 5.91 Å². The largest absolute Gasteiger partial charge is 0.475 e. The Hall–Kier alpha value is -3.49. The molecule has 2 amide bonds. The summed E-state index contributed by atoms with van der Waals surface area (Å²) in [6, 6.07) is 5.53. The summed E-state index contributed by atoms with van der Waals surface area (Å²) in [4.78, 5) is 41.3. The molecule has 152 valence electrons. The Morgan fingerprint density at radius 3 is 2.48 bits per heavy atom. The molecule has 1 N–H and O–H groups in total. The fourth-order valence-electron chi connectivity index (χ4n) is 3.43. The van der Waals surface area contributed by atoms with Crippen LogP contribution in [0.25, 0.3) is 0 Å². The molecule has 0 saturated heterocycles. The minimum atomic E-state index is -0.956. The van der Waals surface area contributed by atoms with Gasteiger partial charge in [-0.1, -0.05) is 17.7 Å². The van der Waals surface area contributed by atoms with Gasteiger partial charge in [-0.15, -0.1) is 0 Å². The normalized spacial score (nSPS) is 16.7. The van der Waals surface area contributed by atoms with Crippen molar-refractivity contribution < 1.29 is 19.2 Å². The summed E-state index contributed by atoms with van der Waals surface area (Å²) >= 11 is 0. The fourth-order valence-corrected chi connectivity index (χ4v) is 3.43. The number of aromatic nitrogens is 1. The van der Waals surface area contributed by atoms with Crippen LogP contribution in [0.2, 0.25) is 0 Å². The predicted octanol–water partition coefficient (Wildman–Crippen LogP) is 3.06. The molecule has 0 spiro atoms. The van der Waals surface area contributed by atoms with E-state index in [9.17, 15) is 19.7 Å². The number of nitrogens with zero attached hydrogens (tertiary/aromatic N) is 3. The SMILES string of the molecule is Cc1cc(C)c(NC(=O)C(C)N2C(=O)C(C)Oc3ccc([N+](=O)[O-])nc32)c(C)c1. The average Bonchev–Trinajstić information content (AvgIpc) is 2.64. The van der Waals surface area contributed by atoms with Crippen LogP contribution in [0.3, 0.4) is 0 Å². The van der Waals surface area contributed by atoms with Gasteiger partial charge in [0.25, 0.3) is 11.7 Å². The lowest BCUT2D eigenvalue weighted by Gasteiger charge is -2.33. The lowest BCUT2D eigenvalue weighted by molar-refractivity contribution is -0.389. The zero-order valence-electron chi connectivity index (χ0n) is 16.8. The number of rotatable bonds is 4. The van der Waals surface area contributed by atoms with E-state index in [4.69, 9.17) is 4.74 Å². The number of carbonyl (C=O) groups excluding carboxylic acids is 2. The van der Waals surface area contributed by atoms with Gasteiger partial charge >= 0.3 is 5.82 Å². The number of carbonyl (C=O) groups is 2. The number of hydrogen-bond acceptors (Lipinski definition) is 6. The van der Waals surface area contributed by atoms with Crippen molar-refractivity contribution >= 4 is 29.1 Å². The van der Waals surface area contributed by atoms with Gasteiger partial charge in [-0.3, -0.25) is 14.5 Å². The van der Waals surface area contributed by atoms with Crippen LogP contribution in [-0.4, -0.2) is 33.9 Å². The molecule has 29 heavy (non-hydrogen) atoms. The Bertz CT molecular complexity index is 997. The molecule has 1 aliphatic heterocycles. The van der Waals surface area contributed by atoms with Crippen molar-refractivity contribution in [3.63, 3.8) is 0 Å². The van der Waals surface area contributed by atoms with Crippen LogP contribution < -0.4 is 15.0 Å². The van der Waals surface area contributed by atoms with Crippen LogP contribution in [0.1, 0.15) is 30.5 Å². The van der Waals surface area contributed by atoms with E-state index in [-0.39, 0.29) is 11.6 Å². The molecule has 3 rings (SSSR count). The molecular formula is C20H22N4O5. The zero-order valence-corrected chi connectivity index (χ0v) is 16.8. The Labute approximate surface area is 167 Å². The van der Waals surface area contributed by atoms with Gasteiger partial charge in [-0.2, -0.15) is 0 Å². The third-order valence-corrected chi connectivity index (χ3v) is 4.82. The van der Waals surface area contributed by atoms with E-state index in [0.29, 0.717) is 5.69 Å². The number of fused-ring (bicyclic) bond motifs is 1. The van der Waals surface area contributed by atoms with Crippen molar-refractivity contribution in [1.82, 2.24) is 4.98 Å². The fraction of sp³-hybridized carbons (Fsp3) is 0.350. The van der Waals surface area contributed by atoms with E-state index in [1.165, 1.54) is 12.1 Å². The molecule has 0 radical (unpaired) electrons. The molecule has 2 heterocycles. The van der Waals surface area contributed by atoms with Crippen LogP contribution in [0.4, 0.5) is 17.3 Å². The summed E-state index contributed by atoms with van der Waals surface area (Å²) < 4.78 is 5.50. The summed E-state index contributed by atoms with van der Waals surface area (Å²) in [6.45, 7) is 8.86. The lowest BCUT2D eigenvalue weighted by Crippen LogP contribution is -2.53. The summed E-state index contributed by atoms with van der Waals surface area (Å²) in [5.41, 5.74) is 3.56. The van der Waals surface area contributed by atoms with Crippen molar-refractivity contribution in [2.24, 2.45) is 0 Å². The van der Waals surface area contributed by atoms with Gasteiger partial charge in [0.15, 0.2) is 11.9 Å². The number of pyridine rings is 1. The third kappa shape index (κ3) is 3.75. The Kier molecular flexibility index (Phi) is 5.23. The first-order valence-electron chi connectivity index (χ1n) is 9.14. The first-order chi connectivity index (χ1) is 13.6.